The Labute approximate surface area is 181 Å². The van der Waals surface area contributed by atoms with Gasteiger partial charge in [-0.25, -0.2) is 0 Å². The van der Waals surface area contributed by atoms with E-state index in [0.717, 1.165) is 21.2 Å². The molecule has 4 rings (SSSR count). The van der Waals surface area contributed by atoms with Crippen LogP contribution in [0.1, 0.15) is 27.0 Å². The molecule has 0 aliphatic carbocycles. The fourth-order valence-electron chi connectivity index (χ4n) is 3.11. The molecular formula is C23H16BrNO5. The van der Waals surface area contributed by atoms with Gasteiger partial charge in [-0.2, -0.15) is 0 Å². The number of non-ortho nitro benzene ring substituents is 1. The van der Waals surface area contributed by atoms with E-state index in [4.69, 9.17) is 9.47 Å². The Kier molecular flexibility index (Phi) is 5.37. The highest BCUT2D eigenvalue weighted by molar-refractivity contribution is 9.10. The van der Waals surface area contributed by atoms with Gasteiger partial charge in [0.25, 0.3) is 5.69 Å². The third-order valence-electron chi connectivity index (χ3n) is 4.75. The highest BCUT2D eigenvalue weighted by Crippen LogP contribution is 2.39. The molecule has 0 fully saturated rings. The first kappa shape index (κ1) is 19.8. The second-order valence-corrected chi connectivity index (χ2v) is 7.68. The van der Waals surface area contributed by atoms with Crippen molar-refractivity contribution in [3.05, 3.63) is 103 Å². The summed E-state index contributed by atoms with van der Waals surface area (Å²) in [6.45, 7) is 2.08. The number of ketones is 1. The average molecular weight is 466 g/mol. The molecule has 1 heterocycles. The number of benzene rings is 3. The van der Waals surface area contributed by atoms with Gasteiger partial charge in [-0.05, 0) is 60.5 Å². The van der Waals surface area contributed by atoms with Gasteiger partial charge in [0.15, 0.2) is 5.76 Å². The largest absolute Gasteiger partial charge is 0.488 e. The first-order valence-electron chi connectivity index (χ1n) is 9.12. The zero-order valence-electron chi connectivity index (χ0n) is 15.9. The van der Waals surface area contributed by atoms with Gasteiger partial charge in [0.2, 0.25) is 5.78 Å². The highest BCUT2D eigenvalue weighted by Gasteiger charge is 2.30. The number of nitro groups is 1. The smallest absolute Gasteiger partial charge is 0.269 e. The molecule has 0 aromatic heterocycles. The standard InChI is InChI=1S/C23H16BrNO5/c1-14-20(29-13-16-4-8-18(9-5-16)25(27)28)11-10-19-22(26)21(30-23(14)19)12-15-2-6-17(24)7-3-15/h2-12H,13H2,1H3/b21-12-. The van der Waals surface area contributed by atoms with Crippen LogP contribution in [0.25, 0.3) is 6.08 Å². The van der Waals surface area contributed by atoms with Crippen LogP contribution in [0.3, 0.4) is 0 Å². The molecule has 0 bridgehead atoms. The summed E-state index contributed by atoms with van der Waals surface area (Å²) in [4.78, 5) is 23.0. The third kappa shape index (κ3) is 3.97. The summed E-state index contributed by atoms with van der Waals surface area (Å²) in [5, 5.41) is 10.8. The number of hydrogen-bond donors (Lipinski definition) is 0. The van der Waals surface area contributed by atoms with Crippen molar-refractivity contribution < 1.29 is 19.2 Å². The first-order valence-corrected chi connectivity index (χ1v) is 9.91. The van der Waals surface area contributed by atoms with Crippen LogP contribution in [0.15, 0.2) is 70.9 Å². The predicted molar refractivity (Wildman–Crippen MR) is 116 cm³/mol. The number of rotatable bonds is 5. The molecule has 0 N–H and O–H groups in total. The molecule has 3 aromatic carbocycles. The van der Waals surface area contributed by atoms with Crippen LogP contribution in [-0.2, 0) is 6.61 Å². The van der Waals surface area contributed by atoms with Crippen molar-refractivity contribution >= 4 is 33.5 Å². The second kappa shape index (κ2) is 8.12. The van der Waals surface area contributed by atoms with Gasteiger partial charge in [0, 0.05) is 22.2 Å². The summed E-state index contributed by atoms with van der Waals surface area (Å²) >= 11 is 3.39. The lowest BCUT2D eigenvalue weighted by molar-refractivity contribution is -0.384. The van der Waals surface area contributed by atoms with Gasteiger partial charge in [-0.3, -0.25) is 14.9 Å². The van der Waals surface area contributed by atoms with Crippen LogP contribution in [0, 0.1) is 17.0 Å². The molecule has 0 radical (unpaired) electrons. The molecule has 1 aliphatic heterocycles. The van der Waals surface area contributed by atoms with Crippen LogP contribution in [0.2, 0.25) is 0 Å². The monoisotopic (exact) mass is 465 g/mol. The summed E-state index contributed by atoms with van der Waals surface area (Å²) in [6, 6.07) is 17.2. The van der Waals surface area contributed by atoms with Crippen molar-refractivity contribution in [1.82, 2.24) is 0 Å². The molecule has 0 unspecified atom stereocenters. The van der Waals surface area contributed by atoms with E-state index in [1.54, 1.807) is 30.3 Å². The van der Waals surface area contributed by atoms with Gasteiger partial charge < -0.3 is 9.47 Å². The highest BCUT2D eigenvalue weighted by atomic mass is 79.9. The SMILES string of the molecule is Cc1c(OCc2ccc([N+](=O)[O-])cc2)ccc2c1O/C(=C\c1ccc(Br)cc1)C2=O. The van der Waals surface area contributed by atoms with E-state index in [0.29, 0.717) is 17.1 Å². The van der Waals surface area contributed by atoms with Crippen LogP contribution < -0.4 is 9.47 Å². The Bertz CT molecular complexity index is 1170. The molecule has 3 aromatic rings. The first-order chi connectivity index (χ1) is 14.4. The van der Waals surface area contributed by atoms with E-state index in [2.05, 4.69) is 15.9 Å². The molecule has 1 aliphatic rings. The molecular weight excluding hydrogens is 450 g/mol. The number of allylic oxidation sites excluding steroid dienone is 1. The quantitative estimate of drug-likeness (QED) is 0.267. The topological polar surface area (TPSA) is 78.7 Å². The van der Waals surface area contributed by atoms with Crippen LogP contribution in [0.5, 0.6) is 11.5 Å². The Morgan fingerprint density at radius 2 is 1.77 bits per heavy atom. The number of hydrogen-bond acceptors (Lipinski definition) is 5. The van der Waals surface area contributed by atoms with Crippen LogP contribution in [-0.4, -0.2) is 10.7 Å². The van der Waals surface area contributed by atoms with E-state index < -0.39 is 4.92 Å². The molecule has 150 valence electrons. The lowest BCUT2D eigenvalue weighted by atomic mass is 10.1. The van der Waals surface area contributed by atoms with E-state index in [1.807, 2.05) is 31.2 Å². The predicted octanol–water partition coefficient (Wildman–Crippen LogP) is 5.86. The van der Waals surface area contributed by atoms with E-state index in [1.165, 1.54) is 12.1 Å². The van der Waals surface area contributed by atoms with Gasteiger partial charge in [0.05, 0.1) is 10.5 Å². The van der Waals surface area contributed by atoms with E-state index >= 15 is 0 Å². The van der Waals surface area contributed by atoms with Crippen LogP contribution in [0.4, 0.5) is 5.69 Å². The fraction of sp³-hybridized carbons (Fsp3) is 0.0870. The minimum Gasteiger partial charge on any atom is -0.488 e. The van der Waals surface area contributed by atoms with Crippen molar-refractivity contribution in [2.45, 2.75) is 13.5 Å². The summed E-state index contributed by atoms with van der Waals surface area (Å²) < 4.78 is 12.7. The van der Waals surface area contributed by atoms with Crippen molar-refractivity contribution in [2.75, 3.05) is 0 Å². The molecule has 6 nitrogen and oxygen atoms in total. The van der Waals surface area contributed by atoms with Crippen molar-refractivity contribution in [3.63, 3.8) is 0 Å². The van der Waals surface area contributed by atoms with Gasteiger partial charge in [0.1, 0.15) is 18.1 Å². The van der Waals surface area contributed by atoms with E-state index in [9.17, 15) is 14.9 Å². The molecule has 0 saturated carbocycles. The molecule has 0 spiro atoms. The molecule has 7 heteroatoms. The number of fused-ring (bicyclic) bond motifs is 1. The Hall–Kier alpha value is -3.45. The van der Waals surface area contributed by atoms with Crippen molar-refractivity contribution in [3.8, 4) is 11.5 Å². The summed E-state index contributed by atoms with van der Waals surface area (Å²) in [7, 11) is 0. The normalized spacial score (nSPS) is 13.8. The molecule has 0 saturated heterocycles. The number of carbonyl (C=O) groups excluding carboxylic acids is 1. The summed E-state index contributed by atoms with van der Waals surface area (Å²) in [6.07, 6.45) is 1.71. The zero-order chi connectivity index (χ0) is 21.3. The zero-order valence-corrected chi connectivity index (χ0v) is 17.5. The maximum absolute atomic E-state index is 12.7. The minimum absolute atomic E-state index is 0.0319. The maximum Gasteiger partial charge on any atom is 0.269 e. The Balaban J connectivity index is 1.52. The lowest BCUT2D eigenvalue weighted by Crippen LogP contribution is -1.99. The third-order valence-corrected chi connectivity index (χ3v) is 5.27. The minimum atomic E-state index is -0.441. The Morgan fingerprint density at radius 3 is 2.43 bits per heavy atom. The van der Waals surface area contributed by atoms with Crippen LogP contribution >= 0.6 is 15.9 Å². The number of halogens is 1. The summed E-state index contributed by atoms with van der Waals surface area (Å²) in [5.74, 6) is 1.18. The summed E-state index contributed by atoms with van der Waals surface area (Å²) in [5.41, 5.74) is 2.92. The maximum atomic E-state index is 12.7. The van der Waals surface area contributed by atoms with E-state index in [-0.39, 0.29) is 23.8 Å². The number of nitro benzene ring substituents is 1. The van der Waals surface area contributed by atoms with Gasteiger partial charge >= 0.3 is 0 Å². The number of nitrogens with zero attached hydrogens (tertiary/aromatic N) is 1. The average Bonchev–Trinajstić information content (AvgIpc) is 3.06. The number of ether oxygens (including phenoxy) is 2. The Morgan fingerprint density at radius 1 is 1.07 bits per heavy atom. The van der Waals surface area contributed by atoms with Gasteiger partial charge in [-0.1, -0.05) is 28.1 Å². The molecule has 0 atom stereocenters. The van der Waals surface area contributed by atoms with Gasteiger partial charge in [-0.15, -0.1) is 0 Å². The number of carbonyl (C=O) groups is 1. The lowest BCUT2D eigenvalue weighted by Gasteiger charge is -2.11. The molecule has 0 amide bonds. The second-order valence-electron chi connectivity index (χ2n) is 6.77. The molecule has 30 heavy (non-hydrogen) atoms. The van der Waals surface area contributed by atoms with Crippen molar-refractivity contribution in [2.24, 2.45) is 0 Å². The number of Topliss-reactive ketones (excluding diaryl/α,β-unsaturated/α-hetero) is 1. The fourth-order valence-corrected chi connectivity index (χ4v) is 3.37. The van der Waals surface area contributed by atoms with Crippen molar-refractivity contribution in [1.29, 1.82) is 0 Å².